The van der Waals surface area contributed by atoms with Crippen molar-refractivity contribution in [2.45, 2.75) is 12.5 Å². The molecule has 3 N–H and O–H groups in total. The number of amides is 1. The van der Waals surface area contributed by atoms with E-state index in [4.69, 9.17) is 21.1 Å². The molecule has 0 saturated heterocycles. The Morgan fingerprint density at radius 1 is 1.15 bits per heavy atom. The van der Waals surface area contributed by atoms with Gasteiger partial charge >= 0.3 is 0 Å². The molecule has 0 radical (unpaired) electrons. The van der Waals surface area contributed by atoms with Gasteiger partial charge in [0.25, 0.3) is 5.56 Å². The number of fused-ring (bicyclic) bond motifs is 2. The summed E-state index contributed by atoms with van der Waals surface area (Å²) in [5.74, 6) is -0.860. The smallest absolute Gasteiger partial charge is 0.258 e. The van der Waals surface area contributed by atoms with E-state index < -0.39 is 23.3 Å². The fourth-order valence-corrected chi connectivity index (χ4v) is 4.29. The van der Waals surface area contributed by atoms with Gasteiger partial charge < -0.3 is 20.1 Å². The summed E-state index contributed by atoms with van der Waals surface area (Å²) in [6.45, 7) is 1.35. The van der Waals surface area contributed by atoms with Gasteiger partial charge in [0.1, 0.15) is 24.9 Å². The summed E-state index contributed by atoms with van der Waals surface area (Å²) < 4.78 is 11.1. The SMILES string of the molecule is N#CC1C(=O)Nc2nc(NCc3ccc4c(c3)OCCO4)[nH]c(=O)c2C1c1ccccc1Cl. The van der Waals surface area contributed by atoms with Crippen LogP contribution < -0.4 is 25.7 Å². The van der Waals surface area contributed by atoms with E-state index in [2.05, 4.69) is 20.6 Å². The molecule has 0 aliphatic carbocycles. The number of H-pyrrole nitrogens is 1. The number of carbonyl (C=O) groups is 1. The summed E-state index contributed by atoms with van der Waals surface area (Å²) in [5, 5.41) is 15.6. The van der Waals surface area contributed by atoms with Crippen molar-refractivity contribution in [3.05, 3.63) is 74.5 Å². The van der Waals surface area contributed by atoms with Crippen molar-refractivity contribution >= 4 is 29.3 Å². The van der Waals surface area contributed by atoms with Crippen LogP contribution in [0.3, 0.4) is 0 Å². The predicted octanol–water partition coefficient (Wildman–Crippen LogP) is 3.03. The van der Waals surface area contributed by atoms with Gasteiger partial charge in [-0.15, -0.1) is 0 Å². The third kappa shape index (κ3) is 3.85. The number of carbonyl (C=O) groups excluding carboxylic acids is 1. The first-order valence-electron chi connectivity index (χ1n) is 10.3. The zero-order valence-electron chi connectivity index (χ0n) is 17.2. The van der Waals surface area contributed by atoms with Gasteiger partial charge in [-0.2, -0.15) is 10.2 Å². The fraction of sp³-hybridized carbons (Fsp3) is 0.217. The summed E-state index contributed by atoms with van der Waals surface area (Å²) >= 11 is 6.34. The number of hydrogen-bond acceptors (Lipinski definition) is 7. The van der Waals surface area contributed by atoms with Gasteiger partial charge in [-0.1, -0.05) is 35.9 Å². The second-order valence-electron chi connectivity index (χ2n) is 7.60. The lowest BCUT2D eigenvalue weighted by Crippen LogP contribution is -2.38. The predicted molar refractivity (Wildman–Crippen MR) is 121 cm³/mol. The molecule has 2 aromatic carbocycles. The first kappa shape index (κ1) is 20.8. The molecule has 3 aromatic rings. The third-order valence-electron chi connectivity index (χ3n) is 5.57. The van der Waals surface area contributed by atoms with Gasteiger partial charge in [-0.05, 0) is 29.3 Å². The number of nitrogens with zero attached hydrogens (tertiary/aromatic N) is 2. The maximum Gasteiger partial charge on any atom is 0.258 e. The number of benzene rings is 2. The lowest BCUT2D eigenvalue weighted by Gasteiger charge is -2.28. The van der Waals surface area contributed by atoms with Crippen LogP contribution in [-0.2, 0) is 11.3 Å². The standard InChI is InChI=1S/C23H18ClN5O4/c24-15-4-2-1-3-13(15)18-14(10-25)21(30)27-20-19(18)22(31)29-23(28-20)26-11-12-5-6-16-17(9-12)33-8-7-32-16/h1-6,9,14,18H,7-8,11H2,(H3,26,27,28,29,30,31). The minimum Gasteiger partial charge on any atom is -0.486 e. The first-order valence-corrected chi connectivity index (χ1v) is 10.6. The Morgan fingerprint density at radius 3 is 2.73 bits per heavy atom. The molecule has 2 aliphatic heterocycles. The maximum absolute atomic E-state index is 13.1. The zero-order valence-corrected chi connectivity index (χ0v) is 18.0. The molecule has 166 valence electrons. The van der Waals surface area contributed by atoms with Crippen molar-refractivity contribution < 1.29 is 14.3 Å². The lowest BCUT2D eigenvalue weighted by atomic mass is 9.79. The van der Waals surface area contributed by atoms with Gasteiger partial charge in [0.15, 0.2) is 11.5 Å². The molecular weight excluding hydrogens is 446 g/mol. The first-order chi connectivity index (χ1) is 16.0. The number of anilines is 2. The van der Waals surface area contributed by atoms with E-state index in [9.17, 15) is 14.9 Å². The lowest BCUT2D eigenvalue weighted by molar-refractivity contribution is -0.119. The van der Waals surface area contributed by atoms with Crippen molar-refractivity contribution in [3.63, 3.8) is 0 Å². The van der Waals surface area contributed by atoms with Crippen LogP contribution in [-0.4, -0.2) is 29.1 Å². The molecule has 1 aromatic heterocycles. The Hall–Kier alpha value is -4.03. The van der Waals surface area contributed by atoms with Crippen molar-refractivity contribution in [3.8, 4) is 17.6 Å². The molecule has 0 bridgehead atoms. The molecule has 2 aliphatic rings. The highest BCUT2D eigenvalue weighted by atomic mass is 35.5. The normalized spacial score (nSPS) is 18.6. The number of halogens is 1. The number of rotatable bonds is 4. The van der Waals surface area contributed by atoms with Gasteiger partial charge in [0.2, 0.25) is 11.9 Å². The van der Waals surface area contributed by atoms with Crippen LogP contribution in [0.25, 0.3) is 0 Å². The average molecular weight is 464 g/mol. The van der Waals surface area contributed by atoms with E-state index in [1.54, 1.807) is 24.3 Å². The molecule has 0 spiro atoms. The number of nitriles is 1. The highest BCUT2D eigenvalue weighted by molar-refractivity contribution is 6.31. The van der Waals surface area contributed by atoms with Crippen LogP contribution in [0, 0.1) is 17.2 Å². The van der Waals surface area contributed by atoms with Crippen LogP contribution in [0.1, 0.15) is 22.6 Å². The number of nitrogens with one attached hydrogen (secondary N) is 3. The monoisotopic (exact) mass is 463 g/mol. The zero-order chi connectivity index (χ0) is 22.9. The van der Waals surface area contributed by atoms with E-state index >= 15 is 0 Å². The Labute approximate surface area is 193 Å². The Bertz CT molecular complexity index is 1350. The van der Waals surface area contributed by atoms with E-state index in [1.807, 2.05) is 24.3 Å². The highest BCUT2D eigenvalue weighted by Crippen LogP contribution is 2.40. The van der Waals surface area contributed by atoms with Crippen molar-refractivity contribution in [2.24, 2.45) is 5.92 Å². The minimum atomic E-state index is -1.11. The molecule has 5 rings (SSSR count). The number of aromatic amines is 1. The van der Waals surface area contributed by atoms with Crippen LogP contribution >= 0.6 is 11.6 Å². The number of ether oxygens (including phenoxy) is 2. The molecule has 0 fully saturated rings. The van der Waals surface area contributed by atoms with Crippen molar-refractivity contribution in [2.75, 3.05) is 23.8 Å². The van der Waals surface area contributed by atoms with Gasteiger partial charge in [-0.3, -0.25) is 14.6 Å². The summed E-state index contributed by atoms with van der Waals surface area (Å²) in [6.07, 6.45) is 0. The quantitative estimate of drug-likeness (QED) is 0.542. The highest BCUT2D eigenvalue weighted by Gasteiger charge is 2.41. The Morgan fingerprint density at radius 2 is 1.94 bits per heavy atom. The summed E-state index contributed by atoms with van der Waals surface area (Å²) in [5.41, 5.74) is 1.14. The van der Waals surface area contributed by atoms with Crippen LogP contribution in [0.5, 0.6) is 11.5 Å². The Kier molecular flexibility index (Phi) is 5.36. The van der Waals surface area contributed by atoms with Crippen LogP contribution in [0.4, 0.5) is 11.8 Å². The molecule has 1 amide bonds. The summed E-state index contributed by atoms with van der Waals surface area (Å²) in [6, 6.07) is 14.4. The molecule has 9 nitrogen and oxygen atoms in total. The van der Waals surface area contributed by atoms with E-state index in [1.165, 1.54) is 0 Å². The molecular formula is C23H18ClN5O4. The van der Waals surface area contributed by atoms with Gasteiger partial charge in [0.05, 0.1) is 11.6 Å². The van der Waals surface area contributed by atoms with Crippen molar-refractivity contribution in [1.82, 2.24) is 9.97 Å². The van der Waals surface area contributed by atoms with Gasteiger partial charge in [0, 0.05) is 17.5 Å². The van der Waals surface area contributed by atoms with E-state index in [-0.39, 0.29) is 17.3 Å². The number of aromatic nitrogens is 2. The molecule has 0 saturated carbocycles. The van der Waals surface area contributed by atoms with Crippen LogP contribution in [0.2, 0.25) is 5.02 Å². The molecule has 10 heteroatoms. The average Bonchev–Trinajstić information content (AvgIpc) is 2.82. The third-order valence-corrected chi connectivity index (χ3v) is 5.91. The largest absolute Gasteiger partial charge is 0.486 e. The molecule has 2 unspecified atom stereocenters. The topological polar surface area (TPSA) is 129 Å². The Balaban J connectivity index is 1.47. The van der Waals surface area contributed by atoms with Crippen LogP contribution in [0.15, 0.2) is 47.3 Å². The molecule has 33 heavy (non-hydrogen) atoms. The number of hydrogen-bond donors (Lipinski definition) is 3. The minimum absolute atomic E-state index is 0.102. The summed E-state index contributed by atoms with van der Waals surface area (Å²) in [4.78, 5) is 32.8. The maximum atomic E-state index is 13.1. The molecule has 2 atom stereocenters. The van der Waals surface area contributed by atoms with Gasteiger partial charge in [-0.25, -0.2) is 0 Å². The molecule has 3 heterocycles. The second kappa shape index (κ2) is 8.48. The van der Waals surface area contributed by atoms with Crippen molar-refractivity contribution in [1.29, 1.82) is 5.26 Å². The van der Waals surface area contributed by atoms with E-state index in [0.29, 0.717) is 41.8 Å². The summed E-state index contributed by atoms with van der Waals surface area (Å²) in [7, 11) is 0. The second-order valence-corrected chi connectivity index (χ2v) is 8.01. The van der Waals surface area contributed by atoms with E-state index in [0.717, 1.165) is 5.56 Å². The fourth-order valence-electron chi connectivity index (χ4n) is 4.04.